The van der Waals surface area contributed by atoms with Crippen LogP contribution in [0.1, 0.15) is 25.7 Å². The van der Waals surface area contributed by atoms with E-state index in [4.69, 9.17) is 11.6 Å². The molecule has 0 unspecified atom stereocenters. The highest BCUT2D eigenvalue weighted by atomic mass is 35.5. The third-order valence-corrected chi connectivity index (χ3v) is 4.26. The molecule has 0 spiro atoms. The second kappa shape index (κ2) is 5.25. The van der Waals surface area contributed by atoms with Gasteiger partial charge >= 0.3 is 0 Å². The molecule has 0 atom stereocenters. The third-order valence-electron chi connectivity index (χ3n) is 3.52. The molecule has 3 nitrogen and oxygen atoms in total. The number of nitrogens with zero attached hydrogens (tertiary/aromatic N) is 3. The van der Waals surface area contributed by atoms with Gasteiger partial charge in [0.05, 0.1) is 0 Å². The number of hydrogen-bond donors (Lipinski definition) is 0. The molecule has 3 rings (SSSR count). The van der Waals surface area contributed by atoms with Gasteiger partial charge in [-0.3, -0.25) is 0 Å². The first-order chi connectivity index (χ1) is 8.74. The Hall–Kier alpha value is -0.480. The van der Waals surface area contributed by atoms with Crippen LogP contribution in [0.15, 0.2) is 11.2 Å². The summed E-state index contributed by atoms with van der Waals surface area (Å²) in [5.74, 6) is 2.75. The van der Waals surface area contributed by atoms with Gasteiger partial charge in [0.25, 0.3) is 0 Å². The molecule has 0 aliphatic heterocycles. The van der Waals surface area contributed by atoms with Crippen LogP contribution in [0.2, 0.25) is 5.15 Å². The molecule has 0 bridgehead atoms. The topological polar surface area (TPSA) is 29.0 Å². The molecule has 0 aromatic carbocycles. The van der Waals surface area contributed by atoms with Crippen LogP contribution in [0, 0.1) is 11.8 Å². The lowest BCUT2D eigenvalue weighted by molar-refractivity contribution is 0.666. The minimum atomic E-state index is 0.556. The number of anilines is 1. The lowest BCUT2D eigenvalue weighted by atomic mass is 10.3. The molecule has 5 heteroatoms. The van der Waals surface area contributed by atoms with Crippen molar-refractivity contribution in [2.75, 3.05) is 24.2 Å². The van der Waals surface area contributed by atoms with Gasteiger partial charge in [0.15, 0.2) is 5.16 Å². The van der Waals surface area contributed by atoms with Gasteiger partial charge in [-0.25, -0.2) is 9.97 Å². The number of aromatic nitrogens is 2. The van der Waals surface area contributed by atoms with E-state index in [0.717, 1.165) is 35.9 Å². The first-order valence-electron chi connectivity index (χ1n) is 6.58. The minimum absolute atomic E-state index is 0.556. The molecule has 1 heterocycles. The Morgan fingerprint density at radius 3 is 2.33 bits per heavy atom. The maximum absolute atomic E-state index is 6.09. The molecule has 0 amide bonds. The van der Waals surface area contributed by atoms with Crippen molar-refractivity contribution in [3.8, 4) is 0 Å². The summed E-state index contributed by atoms with van der Waals surface area (Å²) >= 11 is 7.64. The average molecular weight is 284 g/mol. The zero-order valence-corrected chi connectivity index (χ0v) is 12.2. The second-order valence-electron chi connectivity index (χ2n) is 5.33. The monoisotopic (exact) mass is 283 g/mol. The molecule has 18 heavy (non-hydrogen) atoms. The molecule has 2 aliphatic carbocycles. The molecular formula is C13H18ClN3S. The van der Waals surface area contributed by atoms with E-state index in [9.17, 15) is 0 Å². The molecule has 0 saturated heterocycles. The van der Waals surface area contributed by atoms with Crippen molar-refractivity contribution in [2.24, 2.45) is 11.8 Å². The smallest absolute Gasteiger partial charge is 0.190 e. The number of thioether (sulfide) groups is 1. The first-order valence-corrected chi connectivity index (χ1v) is 8.18. The van der Waals surface area contributed by atoms with E-state index in [-0.39, 0.29) is 0 Å². The fourth-order valence-electron chi connectivity index (χ4n) is 2.12. The van der Waals surface area contributed by atoms with Gasteiger partial charge < -0.3 is 4.90 Å². The maximum atomic E-state index is 6.09. The minimum Gasteiger partial charge on any atom is -0.356 e. The molecule has 2 fully saturated rings. The maximum Gasteiger partial charge on any atom is 0.190 e. The summed E-state index contributed by atoms with van der Waals surface area (Å²) in [6.07, 6.45) is 7.47. The Morgan fingerprint density at radius 2 is 1.83 bits per heavy atom. The Balaban J connectivity index is 1.79. The standard InChI is InChI=1S/C13H18ClN3S/c1-18-13-15-11(14)6-12(16-13)17(7-9-2-3-9)8-10-4-5-10/h6,9-10H,2-5,7-8H2,1H3. The lowest BCUT2D eigenvalue weighted by Crippen LogP contribution is -2.29. The highest BCUT2D eigenvalue weighted by molar-refractivity contribution is 7.98. The molecule has 0 N–H and O–H groups in total. The summed E-state index contributed by atoms with van der Waals surface area (Å²) in [4.78, 5) is 11.2. The number of hydrogen-bond acceptors (Lipinski definition) is 4. The second-order valence-corrected chi connectivity index (χ2v) is 6.49. The van der Waals surface area contributed by atoms with Crippen molar-refractivity contribution < 1.29 is 0 Å². The molecule has 1 aromatic heterocycles. The van der Waals surface area contributed by atoms with E-state index in [1.165, 1.54) is 25.7 Å². The van der Waals surface area contributed by atoms with Gasteiger partial charge in [0.1, 0.15) is 11.0 Å². The summed E-state index contributed by atoms with van der Waals surface area (Å²) in [5.41, 5.74) is 0. The molecule has 2 saturated carbocycles. The molecule has 2 aliphatic rings. The Morgan fingerprint density at radius 1 is 1.22 bits per heavy atom. The van der Waals surface area contributed by atoms with Crippen LogP contribution in [0.25, 0.3) is 0 Å². The highest BCUT2D eigenvalue weighted by Crippen LogP contribution is 2.35. The Kier molecular flexibility index (Phi) is 3.66. The van der Waals surface area contributed by atoms with Gasteiger partial charge in [-0.2, -0.15) is 0 Å². The van der Waals surface area contributed by atoms with E-state index in [0.29, 0.717) is 5.15 Å². The summed E-state index contributed by atoms with van der Waals surface area (Å²) in [6, 6.07) is 1.91. The third kappa shape index (κ3) is 3.29. The SMILES string of the molecule is CSc1nc(Cl)cc(N(CC2CC2)CC2CC2)n1. The van der Waals surface area contributed by atoms with Crippen molar-refractivity contribution in [1.29, 1.82) is 0 Å². The van der Waals surface area contributed by atoms with Gasteiger partial charge in [-0.05, 0) is 43.8 Å². The Labute approximate surface area is 117 Å². The first kappa shape index (κ1) is 12.5. The van der Waals surface area contributed by atoms with E-state index < -0.39 is 0 Å². The van der Waals surface area contributed by atoms with Crippen LogP contribution in [0.3, 0.4) is 0 Å². The lowest BCUT2D eigenvalue weighted by Gasteiger charge is -2.24. The van der Waals surface area contributed by atoms with E-state index in [1.807, 2.05) is 12.3 Å². The van der Waals surface area contributed by atoms with Gasteiger partial charge in [0.2, 0.25) is 0 Å². The van der Waals surface area contributed by atoms with Crippen LogP contribution < -0.4 is 4.90 Å². The summed E-state index contributed by atoms with van der Waals surface area (Å²) in [7, 11) is 0. The van der Waals surface area contributed by atoms with Crippen molar-refractivity contribution >= 4 is 29.2 Å². The summed E-state index contributed by atoms with van der Waals surface area (Å²) in [5, 5.41) is 1.33. The van der Waals surface area contributed by atoms with E-state index in [2.05, 4.69) is 14.9 Å². The van der Waals surface area contributed by atoms with Crippen LogP contribution in [0.4, 0.5) is 5.82 Å². The van der Waals surface area contributed by atoms with Crippen molar-refractivity contribution in [2.45, 2.75) is 30.8 Å². The van der Waals surface area contributed by atoms with E-state index >= 15 is 0 Å². The number of rotatable bonds is 6. The zero-order chi connectivity index (χ0) is 12.5. The predicted molar refractivity (Wildman–Crippen MR) is 76.5 cm³/mol. The van der Waals surface area contributed by atoms with Crippen LogP contribution in [0.5, 0.6) is 0 Å². The van der Waals surface area contributed by atoms with Gasteiger partial charge in [-0.15, -0.1) is 0 Å². The van der Waals surface area contributed by atoms with Gasteiger partial charge in [-0.1, -0.05) is 23.4 Å². The highest BCUT2D eigenvalue weighted by Gasteiger charge is 2.30. The van der Waals surface area contributed by atoms with Crippen molar-refractivity contribution in [3.63, 3.8) is 0 Å². The molecule has 98 valence electrons. The van der Waals surface area contributed by atoms with Gasteiger partial charge in [0, 0.05) is 19.2 Å². The van der Waals surface area contributed by atoms with Crippen molar-refractivity contribution in [1.82, 2.24) is 9.97 Å². The molecular weight excluding hydrogens is 266 g/mol. The van der Waals surface area contributed by atoms with Crippen LogP contribution in [-0.4, -0.2) is 29.3 Å². The normalized spacial score (nSPS) is 19.0. The van der Waals surface area contributed by atoms with E-state index in [1.54, 1.807) is 11.8 Å². The van der Waals surface area contributed by atoms with Crippen molar-refractivity contribution in [3.05, 3.63) is 11.2 Å². The average Bonchev–Trinajstić information content (AvgIpc) is 3.22. The zero-order valence-electron chi connectivity index (χ0n) is 10.6. The predicted octanol–water partition coefficient (Wildman–Crippen LogP) is 3.48. The largest absolute Gasteiger partial charge is 0.356 e. The quantitative estimate of drug-likeness (QED) is 0.454. The Bertz CT molecular complexity index is 418. The summed E-state index contributed by atoms with van der Waals surface area (Å²) < 4.78 is 0. The fraction of sp³-hybridized carbons (Fsp3) is 0.692. The molecule has 0 radical (unpaired) electrons. The number of halogens is 1. The molecule has 1 aromatic rings. The van der Waals surface area contributed by atoms with Crippen LogP contribution in [-0.2, 0) is 0 Å². The van der Waals surface area contributed by atoms with Crippen LogP contribution >= 0.6 is 23.4 Å². The fourth-order valence-corrected chi connectivity index (χ4v) is 2.73. The summed E-state index contributed by atoms with van der Waals surface area (Å²) in [6.45, 7) is 2.27.